The number of hydrogen-bond acceptors (Lipinski definition) is 4. The quantitative estimate of drug-likeness (QED) is 0.607. The lowest BCUT2D eigenvalue weighted by Gasteiger charge is -1.98. The van der Waals surface area contributed by atoms with Crippen molar-refractivity contribution in [3.63, 3.8) is 0 Å². The third-order valence-electron chi connectivity index (χ3n) is 1.66. The van der Waals surface area contributed by atoms with Crippen LogP contribution in [0.5, 0.6) is 0 Å². The van der Waals surface area contributed by atoms with Crippen LogP contribution < -0.4 is 0 Å². The average molecular weight is 181 g/mol. The van der Waals surface area contributed by atoms with Gasteiger partial charge in [-0.1, -0.05) is 0 Å². The van der Waals surface area contributed by atoms with Gasteiger partial charge >= 0.3 is 0 Å². The molecule has 0 saturated carbocycles. The van der Waals surface area contributed by atoms with E-state index in [-0.39, 0.29) is 22.3 Å². The third-order valence-corrected chi connectivity index (χ3v) is 1.66. The highest BCUT2D eigenvalue weighted by Crippen LogP contribution is 2.14. The van der Waals surface area contributed by atoms with Gasteiger partial charge in [-0.15, -0.1) is 0 Å². The number of aldehydes is 1. The predicted octanol–water partition coefficient (Wildman–Crippen LogP) is 1.11. The fourth-order valence-corrected chi connectivity index (χ4v) is 1.03. The highest BCUT2D eigenvalue weighted by Gasteiger charge is 2.09. The van der Waals surface area contributed by atoms with Crippen LogP contribution in [0.15, 0.2) is 12.1 Å². The Labute approximate surface area is 80.2 Å². The lowest BCUT2D eigenvalue weighted by molar-refractivity contribution is 0.112. The van der Waals surface area contributed by atoms with Gasteiger partial charge in [0.05, 0.1) is 22.8 Å². The number of nitriles is 3. The molecule has 0 aliphatic heterocycles. The summed E-state index contributed by atoms with van der Waals surface area (Å²) < 4.78 is 0. The predicted molar refractivity (Wildman–Crippen MR) is 46.0 cm³/mol. The number of nitrogens with zero attached hydrogens (tertiary/aromatic N) is 3. The molecule has 0 fully saturated rings. The Morgan fingerprint density at radius 1 is 1.07 bits per heavy atom. The van der Waals surface area contributed by atoms with Crippen LogP contribution in [0.1, 0.15) is 27.0 Å². The highest BCUT2D eigenvalue weighted by molar-refractivity contribution is 5.81. The van der Waals surface area contributed by atoms with E-state index in [0.717, 1.165) is 0 Å². The molecule has 0 aliphatic rings. The van der Waals surface area contributed by atoms with Gasteiger partial charge in [0.2, 0.25) is 0 Å². The van der Waals surface area contributed by atoms with Crippen molar-refractivity contribution in [1.29, 1.82) is 15.8 Å². The smallest absolute Gasteiger partial charge is 0.151 e. The molecule has 64 valence electrons. The van der Waals surface area contributed by atoms with Gasteiger partial charge in [-0.05, 0) is 12.1 Å². The van der Waals surface area contributed by atoms with Crippen LogP contribution >= 0.6 is 0 Å². The van der Waals surface area contributed by atoms with Crippen LogP contribution in [-0.4, -0.2) is 6.29 Å². The van der Waals surface area contributed by atoms with E-state index in [9.17, 15) is 4.79 Å². The maximum absolute atomic E-state index is 10.6. The Bertz CT molecular complexity index is 512. The second-order valence-electron chi connectivity index (χ2n) is 2.44. The molecular formula is C10H3N3O. The lowest BCUT2D eigenvalue weighted by atomic mass is 10.0. The van der Waals surface area contributed by atoms with Crippen molar-refractivity contribution in [1.82, 2.24) is 0 Å². The van der Waals surface area contributed by atoms with Crippen LogP contribution in [-0.2, 0) is 0 Å². The van der Waals surface area contributed by atoms with E-state index in [2.05, 4.69) is 0 Å². The number of hydrogen-bond donors (Lipinski definition) is 0. The second kappa shape index (κ2) is 3.85. The van der Waals surface area contributed by atoms with Gasteiger partial charge in [0.15, 0.2) is 6.29 Å². The first-order valence-corrected chi connectivity index (χ1v) is 3.60. The summed E-state index contributed by atoms with van der Waals surface area (Å²) >= 11 is 0. The molecule has 0 saturated heterocycles. The van der Waals surface area contributed by atoms with Crippen LogP contribution in [0, 0.1) is 34.0 Å². The summed E-state index contributed by atoms with van der Waals surface area (Å²) in [7, 11) is 0. The molecule has 0 bridgehead atoms. The lowest BCUT2D eigenvalue weighted by Crippen LogP contribution is -1.94. The first-order valence-electron chi connectivity index (χ1n) is 3.60. The van der Waals surface area contributed by atoms with Gasteiger partial charge in [-0.25, -0.2) is 0 Å². The van der Waals surface area contributed by atoms with Crippen LogP contribution in [0.25, 0.3) is 0 Å². The van der Waals surface area contributed by atoms with Crippen molar-refractivity contribution in [2.75, 3.05) is 0 Å². The van der Waals surface area contributed by atoms with Gasteiger partial charge < -0.3 is 0 Å². The molecule has 0 radical (unpaired) electrons. The molecule has 1 rings (SSSR count). The fraction of sp³-hybridized carbons (Fsp3) is 0. The van der Waals surface area contributed by atoms with Crippen LogP contribution in [0.3, 0.4) is 0 Å². The monoisotopic (exact) mass is 181 g/mol. The third kappa shape index (κ3) is 1.43. The van der Waals surface area contributed by atoms with Crippen molar-refractivity contribution < 1.29 is 4.79 Å². The topological polar surface area (TPSA) is 88.4 Å². The summed E-state index contributed by atoms with van der Waals surface area (Å²) in [6.45, 7) is 0. The van der Waals surface area contributed by atoms with Crippen LogP contribution in [0.4, 0.5) is 0 Å². The molecule has 0 aliphatic carbocycles. The molecule has 0 unspecified atom stereocenters. The van der Waals surface area contributed by atoms with Gasteiger partial charge in [-0.2, -0.15) is 15.8 Å². The Kier molecular flexibility index (Phi) is 2.60. The van der Waals surface area contributed by atoms with Gasteiger partial charge in [0.25, 0.3) is 0 Å². The molecule has 0 spiro atoms. The SMILES string of the molecule is N#Cc1cc(C#N)c(C#N)c(C=O)c1. The summed E-state index contributed by atoms with van der Waals surface area (Å²) in [5.74, 6) is 0. The Morgan fingerprint density at radius 3 is 2.21 bits per heavy atom. The summed E-state index contributed by atoms with van der Waals surface area (Å²) in [5.41, 5.74) is 0.334. The van der Waals surface area contributed by atoms with Gasteiger partial charge in [0.1, 0.15) is 12.1 Å². The molecule has 1 aromatic carbocycles. The number of carbonyl (C=O) groups is 1. The van der Waals surface area contributed by atoms with Crippen molar-refractivity contribution in [3.05, 3.63) is 34.4 Å². The van der Waals surface area contributed by atoms with E-state index in [0.29, 0.717) is 6.29 Å². The zero-order chi connectivity index (χ0) is 10.6. The van der Waals surface area contributed by atoms with Crippen molar-refractivity contribution >= 4 is 6.29 Å². The second-order valence-corrected chi connectivity index (χ2v) is 2.44. The van der Waals surface area contributed by atoms with E-state index in [1.54, 1.807) is 12.1 Å². The minimum Gasteiger partial charge on any atom is -0.298 e. The number of rotatable bonds is 1. The molecule has 0 N–H and O–H groups in total. The zero-order valence-electron chi connectivity index (χ0n) is 6.98. The molecular weight excluding hydrogens is 178 g/mol. The van der Waals surface area contributed by atoms with E-state index in [1.807, 2.05) is 6.07 Å². The van der Waals surface area contributed by atoms with E-state index in [1.165, 1.54) is 12.1 Å². The molecule has 4 heteroatoms. The first kappa shape index (κ1) is 9.45. The normalized spacial score (nSPS) is 8.07. The van der Waals surface area contributed by atoms with Crippen molar-refractivity contribution in [3.8, 4) is 18.2 Å². The average Bonchev–Trinajstić information content (AvgIpc) is 2.26. The fourth-order valence-electron chi connectivity index (χ4n) is 1.03. The Morgan fingerprint density at radius 2 is 1.79 bits per heavy atom. The number of benzene rings is 1. The molecule has 0 atom stereocenters. The highest BCUT2D eigenvalue weighted by atomic mass is 16.1. The molecule has 4 nitrogen and oxygen atoms in total. The minimum atomic E-state index is 0.0153. The van der Waals surface area contributed by atoms with Crippen molar-refractivity contribution in [2.24, 2.45) is 0 Å². The largest absolute Gasteiger partial charge is 0.298 e. The molecule has 0 amide bonds. The van der Waals surface area contributed by atoms with Crippen molar-refractivity contribution in [2.45, 2.75) is 0 Å². The van der Waals surface area contributed by atoms with E-state index < -0.39 is 0 Å². The van der Waals surface area contributed by atoms with Crippen LogP contribution in [0.2, 0.25) is 0 Å². The maximum Gasteiger partial charge on any atom is 0.151 e. The summed E-state index contributed by atoms with van der Waals surface area (Å²) in [6, 6.07) is 7.89. The Balaban J connectivity index is 3.62. The minimum absolute atomic E-state index is 0.0153. The summed E-state index contributed by atoms with van der Waals surface area (Å²) in [5, 5.41) is 25.9. The van der Waals surface area contributed by atoms with Gasteiger partial charge in [-0.3, -0.25) is 4.79 Å². The first-order chi connectivity index (χ1) is 6.76. The molecule has 1 aromatic rings. The summed E-state index contributed by atoms with van der Waals surface area (Å²) in [4.78, 5) is 10.6. The van der Waals surface area contributed by atoms with Gasteiger partial charge in [0, 0.05) is 5.56 Å². The maximum atomic E-state index is 10.6. The summed E-state index contributed by atoms with van der Waals surface area (Å²) in [6.07, 6.45) is 0.459. The molecule has 0 heterocycles. The Hall–Kier alpha value is -2.64. The zero-order valence-corrected chi connectivity index (χ0v) is 6.98. The van der Waals surface area contributed by atoms with E-state index in [4.69, 9.17) is 15.8 Å². The molecule has 14 heavy (non-hydrogen) atoms. The number of carbonyl (C=O) groups excluding carboxylic acids is 1. The standard InChI is InChI=1S/C10H3N3O/c11-3-7-1-8(4-12)10(5-13)9(2-7)6-14/h1-2,6H. The molecule has 0 aromatic heterocycles. The van der Waals surface area contributed by atoms with E-state index >= 15 is 0 Å².